The molecule has 0 saturated heterocycles. The predicted molar refractivity (Wildman–Crippen MR) is 98.0 cm³/mol. The van der Waals surface area contributed by atoms with Crippen LogP contribution >= 0.6 is 23.1 Å². The Balaban J connectivity index is 1.74. The maximum Gasteiger partial charge on any atom is 0.316 e. The predicted octanol–water partition coefficient (Wildman–Crippen LogP) is 3.54. The summed E-state index contributed by atoms with van der Waals surface area (Å²) in [5, 5.41) is 1.24. The molecule has 1 unspecified atom stereocenters. The van der Waals surface area contributed by atoms with Crippen LogP contribution in [0.1, 0.15) is 43.6 Å². The summed E-state index contributed by atoms with van der Waals surface area (Å²) in [7, 11) is 0. The van der Waals surface area contributed by atoms with E-state index < -0.39 is 0 Å². The van der Waals surface area contributed by atoms with Crippen LogP contribution in [0.5, 0.6) is 0 Å². The lowest BCUT2D eigenvalue weighted by Gasteiger charge is -2.17. The number of hydrogen-bond acceptors (Lipinski definition) is 6. The second-order valence-electron chi connectivity index (χ2n) is 6.27. The van der Waals surface area contributed by atoms with Crippen LogP contribution < -0.4 is 5.56 Å². The lowest BCUT2D eigenvalue weighted by atomic mass is 9.89. The average Bonchev–Trinajstić information content (AvgIpc) is 2.90. The topological polar surface area (TPSA) is 72.0 Å². The van der Waals surface area contributed by atoms with E-state index in [4.69, 9.17) is 4.74 Å². The van der Waals surface area contributed by atoms with Gasteiger partial charge in [-0.2, -0.15) is 0 Å². The van der Waals surface area contributed by atoms with Crippen LogP contribution in [-0.2, 0) is 22.4 Å². The van der Waals surface area contributed by atoms with Gasteiger partial charge in [0.15, 0.2) is 5.16 Å². The van der Waals surface area contributed by atoms with Gasteiger partial charge in [-0.25, -0.2) is 4.98 Å². The van der Waals surface area contributed by atoms with Crippen molar-refractivity contribution in [3.63, 3.8) is 0 Å². The number of esters is 1. The molecule has 0 saturated carbocycles. The number of aromatic amines is 1. The number of thioether (sulfide) groups is 1. The number of rotatable bonds is 6. The van der Waals surface area contributed by atoms with E-state index in [1.165, 1.54) is 22.2 Å². The zero-order valence-electron chi connectivity index (χ0n) is 14.0. The van der Waals surface area contributed by atoms with Gasteiger partial charge in [0, 0.05) is 4.88 Å². The molecule has 1 aliphatic carbocycles. The number of H-pyrrole nitrogens is 1. The van der Waals surface area contributed by atoms with Gasteiger partial charge in [0.1, 0.15) is 4.83 Å². The number of thiophene rings is 1. The first-order valence-corrected chi connectivity index (χ1v) is 10.2. The number of carbonyl (C=O) groups is 1. The third-order valence-electron chi connectivity index (χ3n) is 4.23. The molecule has 0 spiro atoms. The Hall–Kier alpha value is -1.34. The van der Waals surface area contributed by atoms with Crippen molar-refractivity contribution in [1.29, 1.82) is 0 Å². The highest BCUT2D eigenvalue weighted by Crippen LogP contribution is 2.36. The second-order valence-corrected chi connectivity index (χ2v) is 8.31. The molecule has 0 bridgehead atoms. The molecular formula is C17H22N2O3S2. The van der Waals surface area contributed by atoms with Crippen molar-refractivity contribution < 1.29 is 9.53 Å². The number of aromatic nitrogens is 2. The standard InChI is InChI=1S/C17H22N2O3S2/c1-3-4-7-22-13(20)9-23-17-18-15(21)14-11-6-5-10(2)8-12(11)24-16(14)19-17/h10H,3-9H2,1-2H3,(H,18,19,21). The quantitative estimate of drug-likeness (QED) is 0.366. The van der Waals surface area contributed by atoms with Gasteiger partial charge in [0.2, 0.25) is 0 Å². The van der Waals surface area contributed by atoms with Gasteiger partial charge in [0.05, 0.1) is 17.7 Å². The van der Waals surface area contributed by atoms with Gasteiger partial charge in [-0.15, -0.1) is 11.3 Å². The molecule has 7 heteroatoms. The molecule has 130 valence electrons. The lowest BCUT2D eigenvalue weighted by molar-refractivity contribution is -0.140. The third kappa shape index (κ3) is 3.83. The number of aryl methyl sites for hydroxylation is 1. The molecule has 0 aromatic carbocycles. The molecule has 3 rings (SSSR count). The summed E-state index contributed by atoms with van der Waals surface area (Å²) < 4.78 is 5.12. The van der Waals surface area contributed by atoms with E-state index in [0.29, 0.717) is 17.7 Å². The van der Waals surface area contributed by atoms with Gasteiger partial charge in [-0.3, -0.25) is 9.59 Å². The van der Waals surface area contributed by atoms with E-state index in [1.54, 1.807) is 11.3 Å². The van der Waals surface area contributed by atoms with E-state index in [9.17, 15) is 9.59 Å². The minimum Gasteiger partial charge on any atom is -0.465 e. The van der Waals surface area contributed by atoms with Crippen molar-refractivity contribution in [2.75, 3.05) is 12.4 Å². The van der Waals surface area contributed by atoms with Crippen molar-refractivity contribution >= 4 is 39.3 Å². The first-order chi connectivity index (χ1) is 11.6. The van der Waals surface area contributed by atoms with Crippen LogP contribution in [0.4, 0.5) is 0 Å². The maximum atomic E-state index is 12.5. The zero-order chi connectivity index (χ0) is 17.1. The molecule has 0 amide bonds. The summed E-state index contributed by atoms with van der Waals surface area (Å²) in [6, 6.07) is 0. The van der Waals surface area contributed by atoms with Crippen LogP contribution in [0.15, 0.2) is 9.95 Å². The molecule has 1 atom stereocenters. The van der Waals surface area contributed by atoms with E-state index in [-0.39, 0.29) is 17.3 Å². The minimum absolute atomic E-state index is 0.0890. The smallest absolute Gasteiger partial charge is 0.316 e. The average molecular weight is 367 g/mol. The summed E-state index contributed by atoms with van der Waals surface area (Å²) in [4.78, 5) is 33.6. The molecule has 5 nitrogen and oxygen atoms in total. The summed E-state index contributed by atoms with van der Waals surface area (Å²) in [6.07, 6.45) is 4.97. The minimum atomic E-state index is -0.268. The molecule has 24 heavy (non-hydrogen) atoms. The molecule has 1 N–H and O–H groups in total. The molecular weight excluding hydrogens is 344 g/mol. The Bertz CT molecular complexity index is 797. The van der Waals surface area contributed by atoms with Crippen molar-refractivity contribution in [3.05, 3.63) is 20.8 Å². The lowest BCUT2D eigenvalue weighted by Crippen LogP contribution is -2.14. The third-order valence-corrected chi connectivity index (χ3v) is 6.23. The monoisotopic (exact) mass is 366 g/mol. The number of hydrogen-bond donors (Lipinski definition) is 1. The highest BCUT2D eigenvalue weighted by Gasteiger charge is 2.23. The number of fused-ring (bicyclic) bond motifs is 3. The maximum absolute atomic E-state index is 12.5. The largest absolute Gasteiger partial charge is 0.465 e. The van der Waals surface area contributed by atoms with Gasteiger partial charge >= 0.3 is 5.97 Å². The fourth-order valence-corrected chi connectivity index (χ4v) is 5.00. The van der Waals surface area contributed by atoms with Crippen LogP contribution in [0.2, 0.25) is 0 Å². The highest BCUT2D eigenvalue weighted by molar-refractivity contribution is 7.99. The molecule has 2 heterocycles. The highest BCUT2D eigenvalue weighted by atomic mass is 32.2. The van der Waals surface area contributed by atoms with E-state index in [2.05, 4.69) is 16.9 Å². The molecule has 1 aliphatic rings. The van der Waals surface area contributed by atoms with Gasteiger partial charge in [-0.1, -0.05) is 32.0 Å². The van der Waals surface area contributed by atoms with Gasteiger partial charge in [0.25, 0.3) is 5.56 Å². The van der Waals surface area contributed by atoms with Crippen molar-refractivity contribution in [3.8, 4) is 0 Å². The van der Waals surface area contributed by atoms with Crippen LogP contribution in [0.25, 0.3) is 10.2 Å². The van der Waals surface area contributed by atoms with Crippen molar-refractivity contribution in [2.24, 2.45) is 5.92 Å². The Kier molecular flexibility index (Phi) is 5.61. The first-order valence-electron chi connectivity index (χ1n) is 8.41. The Morgan fingerprint density at radius 1 is 1.50 bits per heavy atom. The zero-order valence-corrected chi connectivity index (χ0v) is 15.6. The number of nitrogens with zero attached hydrogens (tertiary/aromatic N) is 1. The van der Waals surface area contributed by atoms with Gasteiger partial charge < -0.3 is 9.72 Å². The second kappa shape index (κ2) is 7.70. The Morgan fingerprint density at radius 3 is 3.12 bits per heavy atom. The molecule has 0 aliphatic heterocycles. The first kappa shape index (κ1) is 17.5. The van der Waals surface area contributed by atoms with Crippen molar-refractivity contribution in [1.82, 2.24) is 9.97 Å². The van der Waals surface area contributed by atoms with Crippen LogP contribution in [0, 0.1) is 5.92 Å². The number of nitrogens with one attached hydrogen (secondary N) is 1. The van der Waals surface area contributed by atoms with Gasteiger partial charge in [-0.05, 0) is 37.2 Å². The SMILES string of the molecule is CCCCOC(=O)CSc1nc2sc3c(c2c(=O)[nH]1)CCC(C)C3. The van der Waals surface area contributed by atoms with E-state index in [0.717, 1.165) is 42.3 Å². The number of unbranched alkanes of at least 4 members (excludes halogenated alkanes) is 1. The summed E-state index contributed by atoms with van der Waals surface area (Å²) in [5.41, 5.74) is 1.09. The van der Waals surface area contributed by atoms with Crippen LogP contribution in [0.3, 0.4) is 0 Å². The summed E-state index contributed by atoms with van der Waals surface area (Å²) in [5.74, 6) is 0.562. The molecule has 0 radical (unpaired) electrons. The molecule has 2 aromatic rings. The fourth-order valence-electron chi connectivity index (χ4n) is 2.90. The fraction of sp³-hybridized carbons (Fsp3) is 0.588. The summed E-state index contributed by atoms with van der Waals surface area (Å²) >= 11 is 2.85. The number of ether oxygens (including phenoxy) is 1. The van der Waals surface area contributed by atoms with E-state index >= 15 is 0 Å². The normalized spacial score (nSPS) is 17.0. The van der Waals surface area contributed by atoms with Crippen molar-refractivity contribution in [2.45, 2.75) is 51.1 Å². The Morgan fingerprint density at radius 2 is 2.33 bits per heavy atom. The number of carbonyl (C=O) groups excluding carboxylic acids is 1. The summed E-state index contributed by atoms with van der Waals surface area (Å²) in [6.45, 7) is 4.75. The van der Waals surface area contributed by atoms with E-state index in [1.807, 2.05) is 6.92 Å². The molecule has 0 fully saturated rings. The Labute approximate surface area is 149 Å². The molecule has 2 aromatic heterocycles. The van der Waals surface area contributed by atoms with Crippen LogP contribution in [-0.4, -0.2) is 28.3 Å².